The third-order valence-corrected chi connectivity index (χ3v) is 2.13. The van der Waals surface area contributed by atoms with E-state index in [1.807, 2.05) is 13.0 Å². The van der Waals surface area contributed by atoms with Crippen LogP contribution in [0.15, 0.2) is 12.2 Å². The van der Waals surface area contributed by atoms with E-state index in [4.69, 9.17) is 0 Å². The van der Waals surface area contributed by atoms with Crippen LogP contribution in [0.3, 0.4) is 0 Å². The van der Waals surface area contributed by atoms with Crippen LogP contribution in [0.5, 0.6) is 0 Å². The first kappa shape index (κ1) is 7.79. The first-order chi connectivity index (χ1) is 4.74. The van der Waals surface area contributed by atoms with Gasteiger partial charge in [-0.15, -0.1) is 0 Å². The molecule has 0 saturated carbocycles. The maximum absolute atomic E-state index is 11.0. The van der Waals surface area contributed by atoms with E-state index in [9.17, 15) is 4.79 Å². The van der Waals surface area contributed by atoms with Crippen molar-refractivity contribution < 1.29 is 4.79 Å². The molecule has 0 radical (unpaired) electrons. The highest BCUT2D eigenvalue weighted by Crippen LogP contribution is 2.10. The van der Waals surface area contributed by atoms with E-state index in [0.29, 0.717) is 4.83 Å². The summed E-state index contributed by atoms with van der Waals surface area (Å²) in [4.78, 5) is 13.1. The molecule has 3 heteroatoms. The van der Waals surface area contributed by atoms with E-state index in [-0.39, 0.29) is 5.91 Å². The topological polar surface area (TPSA) is 20.3 Å². The largest absolute Gasteiger partial charge is 0.338 e. The molecule has 1 atom stereocenters. The predicted octanol–water partition coefficient (Wildman–Crippen LogP) is 1.17. The molecule has 0 fully saturated rings. The van der Waals surface area contributed by atoms with Crippen molar-refractivity contribution in [1.82, 2.24) is 4.90 Å². The Balaban J connectivity index is 2.62. The zero-order valence-corrected chi connectivity index (χ0v) is 7.47. The molecule has 1 amide bonds. The Labute approximate surface area is 69.0 Å². The first-order valence-corrected chi connectivity index (χ1v) is 4.26. The smallest absolute Gasteiger partial charge is 0.246 e. The van der Waals surface area contributed by atoms with E-state index in [1.54, 1.807) is 11.0 Å². The van der Waals surface area contributed by atoms with Gasteiger partial charge in [-0.25, -0.2) is 0 Å². The highest BCUT2D eigenvalue weighted by atomic mass is 79.9. The van der Waals surface area contributed by atoms with Crippen LogP contribution in [0, 0.1) is 0 Å². The van der Waals surface area contributed by atoms with Crippen LogP contribution in [0.4, 0.5) is 0 Å². The molecule has 1 heterocycles. The number of halogens is 1. The molecule has 0 aromatic carbocycles. The number of rotatable bonds is 1. The van der Waals surface area contributed by atoms with Crippen LogP contribution in [-0.4, -0.2) is 28.7 Å². The van der Waals surface area contributed by atoms with Crippen molar-refractivity contribution >= 4 is 21.8 Å². The lowest BCUT2D eigenvalue weighted by molar-refractivity contribution is -0.126. The van der Waals surface area contributed by atoms with Gasteiger partial charge >= 0.3 is 0 Å². The number of hydrogen-bond acceptors (Lipinski definition) is 1. The summed E-state index contributed by atoms with van der Waals surface area (Å²) in [6.07, 6.45) is 3.50. The molecule has 1 rings (SSSR count). The van der Waals surface area contributed by atoms with Gasteiger partial charge in [0.15, 0.2) is 0 Å². The molecule has 0 N–H and O–H groups in total. The molecule has 0 saturated heterocycles. The van der Waals surface area contributed by atoms with Gasteiger partial charge in [0.1, 0.15) is 0 Å². The van der Waals surface area contributed by atoms with Crippen molar-refractivity contribution in [2.75, 3.05) is 13.1 Å². The lowest BCUT2D eigenvalue weighted by Gasteiger charge is -2.24. The number of alkyl halides is 1. The number of carbonyl (C=O) groups is 1. The van der Waals surface area contributed by atoms with Crippen molar-refractivity contribution in [3.63, 3.8) is 0 Å². The number of nitrogens with zero attached hydrogens (tertiary/aromatic N) is 1. The van der Waals surface area contributed by atoms with E-state index in [0.717, 1.165) is 13.1 Å². The maximum Gasteiger partial charge on any atom is 0.246 e. The Morgan fingerprint density at radius 2 is 2.60 bits per heavy atom. The van der Waals surface area contributed by atoms with Crippen LogP contribution in [0.1, 0.15) is 6.92 Å². The van der Waals surface area contributed by atoms with Crippen LogP contribution in [-0.2, 0) is 4.79 Å². The summed E-state index contributed by atoms with van der Waals surface area (Å²) in [7, 11) is 0. The quantitative estimate of drug-likeness (QED) is 0.587. The van der Waals surface area contributed by atoms with Crippen molar-refractivity contribution in [2.24, 2.45) is 0 Å². The summed E-state index contributed by atoms with van der Waals surface area (Å²) in [5.41, 5.74) is 0. The minimum atomic E-state index is 0.123. The molecule has 1 aliphatic rings. The summed E-state index contributed by atoms with van der Waals surface area (Å²) in [6.45, 7) is 3.58. The predicted molar refractivity (Wildman–Crippen MR) is 44.1 cm³/mol. The fraction of sp³-hybridized carbons (Fsp3) is 0.571. The second-order valence-electron chi connectivity index (χ2n) is 2.25. The Morgan fingerprint density at radius 3 is 3.10 bits per heavy atom. The van der Waals surface area contributed by atoms with Gasteiger partial charge in [-0.1, -0.05) is 22.0 Å². The molecule has 0 spiro atoms. The molecule has 56 valence electrons. The minimum absolute atomic E-state index is 0.123. The van der Waals surface area contributed by atoms with Crippen LogP contribution < -0.4 is 0 Å². The SMILES string of the molecule is CCN1CC(Br)C=CC1=O. The second-order valence-corrected chi connectivity index (χ2v) is 3.43. The normalized spacial score (nSPS) is 25.6. The molecule has 0 aromatic heterocycles. The first-order valence-electron chi connectivity index (χ1n) is 3.35. The van der Waals surface area contributed by atoms with Gasteiger partial charge in [-0.2, -0.15) is 0 Å². The van der Waals surface area contributed by atoms with Gasteiger partial charge < -0.3 is 4.90 Å². The lowest BCUT2D eigenvalue weighted by atomic mass is 10.2. The molecule has 0 bridgehead atoms. The van der Waals surface area contributed by atoms with Gasteiger partial charge in [0.05, 0.1) is 4.83 Å². The standard InChI is InChI=1S/C7H10BrNO/c1-2-9-5-6(8)3-4-7(9)10/h3-4,6H,2,5H2,1H3. The summed E-state index contributed by atoms with van der Waals surface area (Å²) in [5.74, 6) is 0.123. The number of amides is 1. The van der Waals surface area contributed by atoms with Crippen LogP contribution in [0.2, 0.25) is 0 Å². The average molecular weight is 204 g/mol. The third-order valence-electron chi connectivity index (χ3n) is 1.54. The van der Waals surface area contributed by atoms with E-state index in [2.05, 4.69) is 15.9 Å². The van der Waals surface area contributed by atoms with E-state index < -0.39 is 0 Å². The third kappa shape index (κ3) is 1.59. The molecule has 10 heavy (non-hydrogen) atoms. The lowest BCUT2D eigenvalue weighted by Crippen LogP contribution is -2.36. The number of hydrogen-bond donors (Lipinski definition) is 0. The highest BCUT2D eigenvalue weighted by Gasteiger charge is 2.16. The Hall–Kier alpha value is -0.310. The van der Waals surface area contributed by atoms with Crippen LogP contribution >= 0.6 is 15.9 Å². The molecule has 0 aromatic rings. The molecule has 0 aliphatic carbocycles. The van der Waals surface area contributed by atoms with Crippen molar-refractivity contribution in [3.05, 3.63) is 12.2 Å². The Morgan fingerprint density at radius 1 is 1.90 bits per heavy atom. The van der Waals surface area contributed by atoms with Crippen molar-refractivity contribution in [3.8, 4) is 0 Å². The summed E-state index contributed by atoms with van der Waals surface area (Å²) >= 11 is 3.42. The fourth-order valence-electron chi connectivity index (χ4n) is 0.938. The average Bonchev–Trinajstić information content (AvgIpc) is 1.94. The molecule has 1 unspecified atom stereocenters. The summed E-state index contributed by atoms with van der Waals surface area (Å²) in [6, 6.07) is 0. The zero-order valence-electron chi connectivity index (χ0n) is 5.88. The summed E-state index contributed by atoms with van der Waals surface area (Å²) in [5, 5.41) is 0. The van der Waals surface area contributed by atoms with Gasteiger partial charge in [-0.05, 0) is 6.92 Å². The van der Waals surface area contributed by atoms with Crippen molar-refractivity contribution in [2.45, 2.75) is 11.8 Å². The number of carbonyl (C=O) groups excluding carboxylic acids is 1. The molecule has 1 aliphatic heterocycles. The van der Waals surface area contributed by atoms with E-state index >= 15 is 0 Å². The van der Waals surface area contributed by atoms with Crippen molar-refractivity contribution in [1.29, 1.82) is 0 Å². The van der Waals surface area contributed by atoms with Gasteiger partial charge in [0.25, 0.3) is 0 Å². The minimum Gasteiger partial charge on any atom is -0.338 e. The van der Waals surface area contributed by atoms with E-state index in [1.165, 1.54) is 0 Å². The number of likely N-dealkylation sites (N-methyl/N-ethyl adjacent to an activating group) is 1. The Kier molecular flexibility index (Phi) is 2.49. The zero-order chi connectivity index (χ0) is 7.56. The van der Waals surface area contributed by atoms with Gasteiger partial charge in [0.2, 0.25) is 5.91 Å². The fourth-order valence-corrected chi connectivity index (χ4v) is 1.44. The Bertz CT molecular complexity index is 167. The summed E-state index contributed by atoms with van der Waals surface area (Å²) < 4.78 is 0. The van der Waals surface area contributed by atoms with Gasteiger partial charge in [-0.3, -0.25) is 4.79 Å². The van der Waals surface area contributed by atoms with Crippen LogP contribution in [0.25, 0.3) is 0 Å². The highest BCUT2D eigenvalue weighted by molar-refractivity contribution is 9.09. The second kappa shape index (κ2) is 3.19. The maximum atomic E-state index is 11.0. The van der Waals surface area contributed by atoms with Gasteiger partial charge in [0, 0.05) is 19.2 Å². The molecule has 2 nitrogen and oxygen atoms in total. The monoisotopic (exact) mass is 203 g/mol. The molecular weight excluding hydrogens is 194 g/mol. The molecular formula is C7H10BrNO.